The fourth-order valence-corrected chi connectivity index (χ4v) is 3.68. The summed E-state index contributed by atoms with van der Waals surface area (Å²) in [5.41, 5.74) is 5.00. The Morgan fingerprint density at radius 1 is 0.931 bits per heavy atom. The Morgan fingerprint density at radius 2 is 1.52 bits per heavy atom. The summed E-state index contributed by atoms with van der Waals surface area (Å²) in [5.74, 6) is -0.261. The average molecular weight is 522 g/mol. The number of carbonyl (C=O) groups is 2. The van der Waals surface area contributed by atoms with E-state index in [-0.39, 0.29) is 17.1 Å². The lowest BCUT2D eigenvalue weighted by Crippen LogP contribution is -2.11. The van der Waals surface area contributed by atoms with Gasteiger partial charge in [-0.2, -0.15) is 0 Å². The fraction of sp³-hybridized carbons (Fsp3) is 0.227. The van der Waals surface area contributed by atoms with Crippen molar-refractivity contribution in [2.24, 2.45) is 0 Å². The Hall–Kier alpha value is -2.25. The van der Waals surface area contributed by atoms with Crippen LogP contribution in [0.4, 0.5) is 5.69 Å². The van der Waals surface area contributed by atoms with Crippen molar-refractivity contribution in [1.82, 2.24) is 4.98 Å². The van der Waals surface area contributed by atoms with E-state index >= 15 is 0 Å². The van der Waals surface area contributed by atoms with Gasteiger partial charge in [-0.3, -0.25) is 14.4 Å². The van der Waals surface area contributed by atoms with Crippen molar-refractivity contribution < 1.29 is 9.59 Å². The van der Waals surface area contributed by atoms with Crippen LogP contribution in [0, 0.1) is 20.8 Å². The molecule has 3 aromatic rings. The zero-order chi connectivity index (χ0) is 21.9. The van der Waals surface area contributed by atoms with Gasteiger partial charge in [0.05, 0.1) is 11.2 Å². The van der Waals surface area contributed by atoms with Crippen molar-refractivity contribution in [3.05, 3.63) is 71.9 Å². The minimum atomic E-state index is -0.191. The predicted octanol–water partition coefficient (Wildman–Crippen LogP) is 5.83. The Labute approximate surface area is 186 Å². The Bertz CT molecular complexity index is 1170. The Kier molecular flexibility index (Phi) is 7.54. The number of aromatic amines is 1. The number of pyridine rings is 1. The summed E-state index contributed by atoms with van der Waals surface area (Å²) >= 11 is 6.84. The van der Waals surface area contributed by atoms with Crippen molar-refractivity contribution in [1.29, 1.82) is 0 Å². The minimum absolute atomic E-state index is 0.0666. The normalized spacial score (nSPS) is 10.3. The molecule has 0 aliphatic heterocycles. The van der Waals surface area contributed by atoms with Crippen molar-refractivity contribution >= 4 is 60.1 Å². The molecule has 1 aromatic heterocycles. The quantitative estimate of drug-likeness (QED) is 0.416. The second-order valence-corrected chi connectivity index (χ2v) is 8.38. The first-order valence-electron chi connectivity index (χ1n) is 8.89. The Balaban J connectivity index is 0.000000207. The molecule has 0 saturated heterocycles. The van der Waals surface area contributed by atoms with Crippen LogP contribution in [-0.4, -0.2) is 16.7 Å². The maximum absolute atomic E-state index is 11.6. The zero-order valence-corrected chi connectivity index (χ0v) is 20.0. The molecule has 0 bridgehead atoms. The number of H-pyrrole nitrogens is 1. The number of nitrogens with one attached hydrogen (secondary N) is 2. The molecule has 0 fully saturated rings. The summed E-state index contributed by atoms with van der Waals surface area (Å²) in [5, 5.41) is 3.39. The van der Waals surface area contributed by atoms with Crippen LogP contribution in [0.2, 0.25) is 0 Å². The highest BCUT2D eigenvalue weighted by Crippen LogP contribution is 2.30. The number of hydrogen-bond donors (Lipinski definition) is 2. The third kappa shape index (κ3) is 5.42. The second-order valence-electron chi connectivity index (χ2n) is 6.79. The molecular formula is C22H22Br2N2O3. The molecule has 0 radical (unpaired) electrons. The van der Waals surface area contributed by atoms with Crippen LogP contribution in [0.25, 0.3) is 10.9 Å². The summed E-state index contributed by atoms with van der Waals surface area (Å²) < 4.78 is 1.72. The van der Waals surface area contributed by atoms with Gasteiger partial charge in [0.25, 0.3) is 0 Å². The summed E-state index contributed by atoms with van der Waals surface area (Å²) in [6, 6.07) is 8.97. The SMILES string of the molecule is CC(=O)Nc1c(C(C)=O)ccc(C)c1Br.Cc1cc(=O)c2ccc(C)c(Br)c2[nH]1. The molecule has 1 heterocycles. The second kappa shape index (κ2) is 9.50. The van der Waals surface area contributed by atoms with Gasteiger partial charge in [0.15, 0.2) is 11.2 Å². The van der Waals surface area contributed by atoms with Crippen molar-refractivity contribution in [2.45, 2.75) is 34.6 Å². The molecule has 0 aliphatic rings. The van der Waals surface area contributed by atoms with Crippen LogP contribution in [0.3, 0.4) is 0 Å². The first-order chi connectivity index (χ1) is 13.5. The summed E-state index contributed by atoms with van der Waals surface area (Å²) in [6.07, 6.45) is 0. The minimum Gasteiger partial charge on any atom is -0.357 e. The molecule has 2 N–H and O–H groups in total. The van der Waals surface area contributed by atoms with Crippen LogP contribution in [0.1, 0.15) is 41.0 Å². The van der Waals surface area contributed by atoms with Crippen LogP contribution in [0.15, 0.2) is 44.1 Å². The Morgan fingerprint density at radius 3 is 2.10 bits per heavy atom. The molecule has 152 valence electrons. The van der Waals surface area contributed by atoms with Crippen LogP contribution >= 0.6 is 31.9 Å². The van der Waals surface area contributed by atoms with E-state index in [1.807, 2.05) is 39.0 Å². The highest BCUT2D eigenvalue weighted by molar-refractivity contribution is 9.11. The van der Waals surface area contributed by atoms with E-state index in [1.165, 1.54) is 13.8 Å². The van der Waals surface area contributed by atoms with Gasteiger partial charge in [-0.05, 0) is 82.8 Å². The van der Waals surface area contributed by atoms with Gasteiger partial charge in [0.1, 0.15) is 0 Å². The van der Waals surface area contributed by atoms with Gasteiger partial charge < -0.3 is 10.3 Å². The highest BCUT2D eigenvalue weighted by atomic mass is 79.9. The smallest absolute Gasteiger partial charge is 0.221 e. The molecule has 0 atom stereocenters. The van der Waals surface area contributed by atoms with E-state index in [2.05, 4.69) is 42.2 Å². The maximum atomic E-state index is 11.6. The number of anilines is 1. The van der Waals surface area contributed by atoms with Gasteiger partial charge in [-0.15, -0.1) is 0 Å². The van der Waals surface area contributed by atoms with E-state index < -0.39 is 0 Å². The van der Waals surface area contributed by atoms with Gasteiger partial charge in [0, 0.05) is 38.6 Å². The van der Waals surface area contributed by atoms with E-state index in [1.54, 1.807) is 12.1 Å². The number of amides is 1. The lowest BCUT2D eigenvalue weighted by atomic mass is 10.1. The summed E-state index contributed by atoms with van der Waals surface area (Å²) in [6.45, 7) is 8.68. The van der Waals surface area contributed by atoms with E-state index in [0.717, 1.165) is 36.7 Å². The molecule has 2 aromatic carbocycles. The van der Waals surface area contributed by atoms with Crippen molar-refractivity contribution in [2.75, 3.05) is 5.32 Å². The number of carbonyl (C=O) groups excluding carboxylic acids is 2. The van der Waals surface area contributed by atoms with Crippen LogP contribution in [0.5, 0.6) is 0 Å². The first-order valence-corrected chi connectivity index (χ1v) is 10.5. The third-order valence-electron chi connectivity index (χ3n) is 4.29. The molecular weight excluding hydrogens is 500 g/mol. The summed E-state index contributed by atoms with van der Waals surface area (Å²) in [7, 11) is 0. The number of aromatic nitrogens is 1. The molecule has 0 spiro atoms. The number of ketones is 1. The molecule has 5 nitrogen and oxygen atoms in total. The van der Waals surface area contributed by atoms with Crippen molar-refractivity contribution in [3.63, 3.8) is 0 Å². The number of Topliss-reactive ketones (excluding diaryl/α,β-unsaturated/α-hetero) is 1. The molecule has 0 aliphatic carbocycles. The number of aryl methyl sites for hydroxylation is 3. The number of fused-ring (bicyclic) bond motifs is 1. The molecule has 0 saturated carbocycles. The predicted molar refractivity (Wildman–Crippen MR) is 125 cm³/mol. The standard InChI is InChI=1S/C11H12BrNO2.C11H10BrNO/c1-6-4-5-9(7(2)14)11(10(6)12)13-8(3)15;1-6-3-4-8-9(14)5-7(2)13-11(8)10(6)12/h4-5H,1-3H3,(H,13,15);3-5H,1-2H3,(H,13,14). The zero-order valence-electron chi connectivity index (χ0n) is 16.9. The van der Waals surface area contributed by atoms with Gasteiger partial charge in [0.2, 0.25) is 5.91 Å². The molecule has 0 unspecified atom stereocenters. The molecule has 7 heteroatoms. The third-order valence-corrected chi connectivity index (χ3v) is 6.33. The maximum Gasteiger partial charge on any atom is 0.221 e. The number of halogens is 2. The largest absolute Gasteiger partial charge is 0.357 e. The number of benzene rings is 2. The monoisotopic (exact) mass is 520 g/mol. The molecule has 1 amide bonds. The number of hydrogen-bond acceptors (Lipinski definition) is 3. The topological polar surface area (TPSA) is 79.0 Å². The van der Waals surface area contributed by atoms with Gasteiger partial charge >= 0.3 is 0 Å². The van der Waals surface area contributed by atoms with Crippen molar-refractivity contribution in [3.8, 4) is 0 Å². The van der Waals surface area contributed by atoms with E-state index in [4.69, 9.17) is 0 Å². The van der Waals surface area contributed by atoms with E-state index in [9.17, 15) is 14.4 Å². The number of rotatable bonds is 2. The molecule has 29 heavy (non-hydrogen) atoms. The van der Waals surface area contributed by atoms with Crippen LogP contribution in [-0.2, 0) is 4.79 Å². The lowest BCUT2D eigenvalue weighted by Gasteiger charge is -2.11. The highest BCUT2D eigenvalue weighted by Gasteiger charge is 2.13. The van der Waals surface area contributed by atoms with Crippen LogP contribution < -0.4 is 10.7 Å². The summed E-state index contributed by atoms with van der Waals surface area (Å²) in [4.78, 5) is 37.2. The average Bonchev–Trinajstić information content (AvgIpc) is 2.62. The van der Waals surface area contributed by atoms with E-state index in [0.29, 0.717) is 11.3 Å². The lowest BCUT2D eigenvalue weighted by molar-refractivity contribution is -0.114. The molecule has 3 rings (SSSR count). The van der Waals surface area contributed by atoms with Gasteiger partial charge in [-0.25, -0.2) is 0 Å². The fourth-order valence-electron chi connectivity index (χ4n) is 2.79. The first kappa shape index (κ1) is 23.0. The van der Waals surface area contributed by atoms with Gasteiger partial charge in [-0.1, -0.05) is 12.1 Å².